The lowest BCUT2D eigenvalue weighted by atomic mass is 9.36. The zero-order chi connectivity index (χ0) is 28.8. The van der Waals surface area contributed by atoms with E-state index >= 15 is 0 Å². The van der Waals surface area contributed by atoms with Crippen molar-refractivity contribution >= 4 is 62.2 Å². The Hall–Kier alpha value is -5.74. The molecule has 2 aromatic heterocycles. The van der Waals surface area contributed by atoms with Crippen LogP contribution in [0.4, 0.5) is 17.1 Å². The van der Waals surface area contributed by atoms with Crippen molar-refractivity contribution in [3.8, 4) is 28.1 Å². The molecule has 0 fully saturated rings. The summed E-state index contributed by atoms with van der Waals surface area (Å²) < 4.78 is 9.72. The summed E-state index contributed by atoms with van der Waals surface area (Å²) in [7, 11) is 0. The largest absolute Gasteiger partial charge is 0.467 e. The molecule has 10 rings (SSSR count). The van der Waals surface area contributed by atoms with E-state index in [1.807, 2.05) is 0 Å². The van der Waals surface area contributed by atoms with E-state index in [1.54, 1.807) is 0 Å². The molecular weight excluding hydrogens is 535 g/mol. The van der Waals surface area contributed by atoms with E-state index < -0.39 is 0 Å². The number of para-hydroxylation sites is 3. The molecule has 2 aliphatic heterocycles. The van der Waals surface area contributed by atoms with Crippen molar-refractivity contribution in [3.63, 3.8) is 0 Å². The van der Waals surface area contributed by atoms with Crippen LogP contribution >= 0.6 is 0 Å². The van der Waals surface area contributed by atoms with E-state index in [2.05, 4.69) is 161 Å². The predicted molar refractivity (Wildman–Crippen MR) is 183 cm³/mol. The fourth-order valence-electron chi connectivity index (χ4n) is 7.67. The molecule has 6 aromatic carbocycles. The lowest BCUT2D eigenvalue weighted by molar-refractivity contribution is 0.616. The summed E-state index contributed by atoms with van der Waals surface area (Å²) in [6.45, 7) is -0.0587. The van der Waals surface area contributed by atoms with Crippen LogP contribution < -0.4 is 21.5 Å². The van der Waals surface area contributed by atoms with Gasteiger partial charge in [0.25, 0.3) is 6.71 Å². The van der Waals surface area contributed by atoms with Crippen LogP contribution in [-0.4, -0.2) is 11.3 Å². The molecule has 0 amide bonds. The SMILES string of the molecule is c1ccc(-c2oc3c(c2-c2ccccc2)N(c2ccccc2)c2cccc4c2B3c2cccc3c5ccccc5n-4c23)cc1. The van der Waals surface area contributed by atoms with Crippen LogP contribution in [0, 0.1) is 0 Å². The smallest absolute Gasteiger partial charge is 0.297 e. The number of furan rings is 1. The second kappa shape index (κ2) is 8.89. The molecular formula is C40H25BN2O. The third-order valence-corrected chi connectivity index (χ3v) is 9.38. The first-order valence-corrected chi connectivity index (χ1v) is 15.2. The monoisotopic (exact) mass is 560 g/mol. The van der Waals surface area contributed by atoms with Gasteiger partial charge in [-0.2, -0.15) is 0 Å². The van der Waals surface area contributed by atoms with E-state index in [-0.39, 0.29) is 6.71 Å². The van der Waals surface area contributed by atoms with Crippen molar-refractivity contribution in [1.82, 2.24) is 4.57 Å². The highest BCUT2D eigenvalue weighted by Crippen LogP contribution is 2.48. The Bertz CT molecular complexity index is 2390. The van der Waals surface area contributed by atoms with Crippen molar-refractivity contribution in [2.75, 3.05) is 4.90 Å². The van der Waals surface area contributed by atoms with Gasteiger partial charge in [-0.05, 0) is 46.8 Å². The van der Waals surface area contributed by atoms with Crippen molar-refractivity contribution in [1.29, 1.82) is 0 Å². The van der Waals surface area contributed by atoms with Gasteiger partial charge in [0.2, 0.25) is 0 Å². The zero-order valence-corrected chi connectivity index (χ0v) is 23.8. The molecule has 0 atom stereocenters. The van der Waals surface area contributed by atoms with Crippen LogP contribution in [0.5, 0.6) is 0 Å². The number of hydrogen-bond donors (Lipinski definition) is 0. The summed E-state index contributed by atoms with van der Waals surface area (Å²) in [4.78, 5) is 2.43. The summed E-state index contributed by atoms with van der Waals surface area (Å²) >= 11 is 0. The van der Waals surface area contributed by atoms with Crippen LogP contribution in [0.2, 0.25) is 0 Å². The van der Waals surface area contributed by atoms with Gasteiger partial charge in [0, 0.05) is 38.9 Å². The first-order valence-electron chi connectivity index (χ1n) is 15.2. The number of fused-ring (bicyclic) bond motifs is 7. The van der Waals surface area contributed by atoms with Crippen LogP contribution in [-0.2, 0) is 0 Å². The van der Waals surface area contributed by atoms with Crippen molar-refractivity contribution in [2.24, 2.45) is 0 Å². The van der Waals surface area contributed by atoms with Gasteiger partial charge in [-0.15, -0.1) is 0 Å². The maximum Gasteiger partial charge on any atom is 0.297 e. The van der Waals surface area contributed by atoms with Crippen LogP contribution in [0.3, 0.4) is 0 Å². The Balaban J connectivity index is 1.40. The summed E-state index contributed by atoms with van der Waals surface area (Å²) in [5.41, 5.74) is 14.0. The highest BCUT2D eigenvalue weighted by atomic mass is 16.3. The number of nitrogens with zero attached hydrogens (tertiary/aromatic N) is 2. The van der Waals surface area contributed by atoms with E-state index in [0.717, 1.165) is 39.5 Å². The molecule has 3 nitrogen and oxygen atoms in total. The van der Waals surface area contributed by atoms with E-state index in [1.165, 1.54) is 44.1 Å². The molecule has 0 N–H and O–H groups in total. The van der Waals surface area contributed by atoms with Gasteiger partial charge in [0.15, 0.2) is 0 Å². The average molecular weight is 560 g/mol. The lowest BCUT2D eigenvalue weighted by Crippen LogP contribution is -2.60. The maximum absolute atomic E-state index is 7.25. The standard InChI is InChI=1S/C40H25BN2O/c1-4-14-26(15-5-1)35-38-40(44-39(35)27-16-6-2-7-17-27)41-31-22-12-21-30-29-20-10-11-23-32(29)43(37(30)31)34-25-13-24-33(36(34)41)42(38)28-18-8-3-9-19-28/h1-25H. The van der Waals surface area contributed by atoms with Crippen LogP contribution in [0.25, 0.3) is 49.9 Å². The fourth-order valence-corrected chi connectivity index (χ4v) is 7.67. The Morgan fingerprint density at radius 2 is 1.16 bits per heavy atom. The molecule has 0 unspecified atom stereocenters. The fraction of sp³-hybridized carbons (Fsp3) is 0. The van der Waals surface area contributed by atoms with Gasteiger partial charge in [-0.25, -0.2) is 0 Å². The third kappa shape index (κ3) is 3.07. The van der Waals surface area contributed by atoms with Gasteiger partial charge in [0.1, 0.15) is 5.76 Å². The molecule has 2 aliphatic rings. The highest BCUT2D eigenvalue weighted by Gasteiger charge is 2.46. The minimum absolute atomic E-state index is 0.0587. The number of benzene rings is 6. The summed E-state index contributed by atoms with van der Waals surface area (Å²) in [5, 5.41) is 2.55. The Morgan fingerprint density at radius 3 is 1.95 bits per heavy atom. The minimum atomic E-state index is -0.0587. The van der Waals surface area contributed by atoms with E-state index in [9.17, 15) is 0 Å². The predicted octanol–water partition coefficient (Wildman–Crippen LogP) is 8.32. The molecule has 0 radical (unpaired) electrons. The number of hydrogen-bond acceptors (Lipinski definition) is 2. The third-order valence-electron chi connectivity index (χ3n) is 9.38. The first-order chi connectivity index (χ1) is 21.9. The molecule has 204 valence electrons. The quantitative estimate of drug-likeness (QED) is 0.203. The number of rotatable bonds is 3. The molecule has 8 aromatic rings. The highest BCUT2D eigenvalue weighted by molar-refractivity contribution is 6.99. The summed E-state index contributed by atoms with van der Waals surface area (Å²) in [6, 6.07) is 54.3. The topological polar surface area (TPSA) is 21.3 Å². The Labute approximate surface area is 255 Å². The lowest BCUT2D eigenvalue weighted by Gasteiger charge is -2.38. The second-order valence-electron chi connectivity index (χ2n) is 11.7. The number of anilines is 3. The van der Waals surface area contributed by atoms with E-state index in [4.69, 9.17) is 4.42 Å². The van der Waals surface area contributed by atoms with Gasteiger partial charge in [-0.1, -0.05) is 121 Å². The van der Waals surface area contributed by atoms with Crippen LogP contribution in [0.15, 0.2) is 156 Å². The normalized spacial score (nSPS) is 12.9. The zero-order valence-electron chi connectivity index (χ0n) is 23.8. The minimum Gasteiger partial charge on any atom is -0.467 e. The molecule has 0 saturated carbocycles. The molecule has 0 aliphatic carbocycles. The second-order valence-corrected chi connectivity index (χ2v) is 11.7. The van der Waals surface area contributed by atoms with Gasteiger partial charge in [-0.3, -0.25) is 0 Å². The summed E-state index contributed by atoms with van der Waals surface area (Å²) in [6.07, 6.45) is 0. The Morgan fingerprint density at radius 1 is 0.523 bits per heavy atom. The van der Waals surface area contributed by atoms with Crippen molar-refractivity contribution < 1.29 is 4.42 Å². The molecule has 4 heterocycles. The molecule has 0 saturated heterocycles. The van der Waals surface area contributed by atoms with Gasteiger partial charge < -0.3 is 13.9 Å². The van der Waals surface area contributed by atoms with Crippen molar-refractivity contribution in [3.05, 3.63) is 152 Å². The molecule has 4 heteroatoms. The van der Waals surface area contributed by atoms with Gasteiger partial charge in [0.05, 0.1) is 22.4 Å². The average Bonchev–Trinajstić information content (AvgIpc) is 3.65. The van der Waals surface area contributed by atoms with Crippen LogP contribution in [0.1, 0.15) is 0 Å². The molecule has 0 bridgehead atoms. The Kier molecular flexibility index (Phi) is 4.80. The van der Waals surface area contributed by atoms with Crippen molar-refractivity contribution in [2.45, 2.75) is 0 Å². The van der Waals surface area contributed by atoms with E-state index in [0.29, 0.717) is 0 Å². The summed E-state index contributed by atoms with van der Waals surface area (Å²) in [5.74, 6) is 0.898. The first kappa shape index (κ1) is 23.8. The van der Waals surface area contributed by atoms with Gasteiger partial charge >= 0.3 is 0 Å². The maximum atomic E-state index is 7.25. The number of aromatic nitrogens is 1. The molecule has 44 heavy (non-hydrogen) atoms. The molecule has 0 spiro atoms.